The summed E-state index contributed by atoms with van der Waals surface area (Å²) in [4.78, 5) is 10.7. The molecule has 3 rings (SSSR count). The van der Waals surface area contributed by atoms with E-state index in [2.05, 4.69) is 14.9 Å². The first kappa shape index (κ1) is 9.09. The first-order valence-corrected chi connectivity index (χ1v) is 5.51. The molecule has 80 valence electrons. The molecule has 0 radical (unpaired) electrons. The predicted octanol–water partition coefficient (Wildman–Crippen LogP) is 0.713. The Morgan fingerprint density at radius 3 is 2.80 bits per heavy atom. The third-order valence-corrected chi connectivity index (χ3v) is 3.45. The highest BCUT2D eigenvalue weighted by Gasteiger charge is 2.50. The van der Waals surface area contributed by atoms with E-state index in [9.17, 15) is 0 Å². The van der Waals surface area contributed by atoms with Crippen molar-refractivity contribution in [3.05, 3.63) is 18.1 Å². The Kier molecular flexibility index (Phi) is 1.77. The zero-order valence-corrected chi connectivity index (χ0v) is 8.98. The van der Waals surface area contributed by atoms with Gasteiger partial charge in [-0.1, -0.05) is 0 Å². The van der Waals surface area contributed by atoms with E-state index in [4.69, 9.17) is 5.73 Å². The van der Waals surface area contributed by atoms with Gasteiger partial charge in [0.15, 0.2) is 0 Å². The van der Waals surface area contributed by atoms with Crippen molar-refractivity contribution in [2.75, 3.05) is 18.0 Å². The summed E-state index contributed by atoms with van der Waals surface area (Å²) in [5.74, 6) is 2.61. The van der Waals surface area contributed by atoms with E-state index in [-0.39, 0.29) is 5.54 Å². The highest BCUT2D eigenvalue weighted by molar-refractivity contribution is 5.44. The summed E-state index contributed by atoms with van der Waals surface area (Å²) in [6, 6.07) is 1.96. The van der Waals surface area contributed by atoms with E-state index in [1.165, 1.54) is 12.8 Å². The molecular formula is C11H16N4. The van der Waals surface area contributed by atoms with Crippen molar-refractivity contribution in [2.24, 2.45) is 11.7 Å². The molecule has 1 aromatic heterocycles. The van der Waals surface area contributed by atoms with Crippen LogP contribution in [0, 0.1) is 12.8 Å². The molecule has 0 unspecified atom stereocenters. The van der Waals surface area contributed by atoms with Crippen LogP contribution >= 0.6 is 0 Å². The van der Waals surface area contributed by atoms with Crippen molar-refractivity contribution in [2.45, 2.75) is 25.3 Å². The van der Waals surface area contributed by atoms with E-state index in [0.717, 1.165) is 30.6 Å². The van der Waals surface area contributed by atoms with Crippen molar-refractivity contribution >= 4 is 5.82 Å². The number of aryl methyl sites for hydroxylation is 1. The molecule has 1 saturated heterocycles. The molecule has 0 bridgehead atoms. The van der Waals surface area contributed by atoms with Crippen LogP contribution in [0.5, 0.6) is 0 Å². The molecule has 0 spiro atoms. The molecule has 2 fully saturated rings. The minimum atomic E-state index is 0.0683. The van der Waals surface area contributed by atoms with Gasteiger partial charge in [0.2, 0.25) is 0 Å². The van der Waals surface area contributed by atoms with Gasteiger partial charge >= 0.3 is 0 Å². The Morgan fingerprint density at radius 1 is 1.47 bits per heavy atom. The van der Waals surface area contributed by atoms with Gasteiger partial charge < -0.3 is 10.6 Å². The highest BCUT2D eigenvalue weighted by atomic mass is 15.3. The predicted molar refractivity (Wildman–Crippen MR) is 58.6 cm³/mol. The van der Waals surface area contributed by atoms with Crippen molar-refractivity contribution in [1.82, 2.24) is 9.97 Å². The second kappa shape index (κ2) is 2.92. The smallest absolute Gasteiger partial charge is 0.132 e. The number of anilines is 1. The summed E-state index contributed by atoms with van der Waals surface area (Å²) in [5.41, 5.74) is 6.36. The molecule has 4 heteroatoms. The van der Waals surface area contributed by atoms with Crippen molar-refractivity contribution in [3.8, 4) is 0 Å². The van der Waals surface area contributed by atoms with Crippen LogP contribution in [0.25, 0.3) is 0 Å². The van der Waals surface area contributed by atoms with Crippen LogP contribution in [0.1, 0.15) is 18.7 Å². The number of nitrogens with two attached hydrogens (primary N) is 1. The third kappa shape index (κ3) is 1.49. The van der Waals surface area contributed by atoms with Crippen LogP contribution in [0.15, 0.2) is 12.3 Å². The van der Waals surface area contributed by atoms with Gasteiger partial charge in [-0.15, -0.1) is 0 Å². The average molecular weight is 204 g/mol. The van der Waals surface area contributed by atoms with Crippen LogP contribution in [0.3, 0.4) is 0 Å². The molecule has 1 saturated carbocycles. The summed E-state index contributed by atoms with van der Waals surface area (Å²) in [5, 5.41) is 0. The summed E-state index contributed by atoms with van der Waals surface area (Å²) in [7, 11) is 0. The number of nitrogens with zero attached hydrogens (tertiary/aromatic N) is 3. The van der Waals surface area contributed by atoms with Gasteiger partial charge in [0.05, 0.1) is 5.54 Å². The minimum Gasteiger partial charge on any atom is -0.353 e. The fourth-order valence-corrected chi connectivity index (χ4v) is 2.36. The van der Waals surface area contributed by atoms with E-state index < -0.39 is 0 Å². The van der Waals surface area contributed by atoms with E-state index in [1.54, 1.807) is 0 Å². The van der Waals surface area contributed by atoms with E-state index in [0.29, 0.717) is 0 Å². The van der Waals surface area contributed by atoms with E-state index >= 15 is 0 Å². The maximum atomic E-state index is 6.29. The molecule has 1 aromatic rings. The van der Waals surface area contributed by atoms with Gasteiger partial charge in [-0.25, -0.2) is 9.97 Å². The topological polar surface area (TPSA) is 55.0 Å². The Bertz CT molecular complexity index is 380. The molecule has 0 amide bonds. The highest BCUT2D eigenvalue weighted by Crippen LogP contribution is 2.43. The maximum absolute atomic E-state index is 6.29. The minimum absolute atomic E-state index is 0.0683. The molecule has 15 heavy (non-hydrogen) atoms. The summed E-state index contributed by atoms with van der Waals surface area (Å²) in [6.45, 7) is 3.82. The fourth-order valence-electron chi connectivity index (χ4n) is 2.36. The Morgan fingerprint density at radius 2 is 2.20 bits per heavy atom. The number of hydrogen-bond donors (Lipinski definition) is 1. The number of aromatic nitrogens is 2. The molecule has 0 aromatic carbocycles. The first-order valence-electron chi connectivity index (χ1n) is 5.51. The largest absolute Gasteiger partial charge is 0.353 e. The Labute approximate surface area is 89.5 Å². The summed E-state index contributed by atoms with van der Waals surface area (Å²) >= 11 is 0. The molecule has 2 heterocycles. The zero-order valence-electron chi connectivity index (χ0n) is 8.98. The maximum Gasteiger partial charge on any atom is 0.132 e. The molecule has 2 aliphatic rings. The van der Waals surface area contributed by atoms with Gasteiger partial charge in [-0.3, -0.25) is 0 Å². The molecule has 1 aliphatic carbocycles. The lowest BCUT2D eigenvalue weighted by molar-refractivity contribution is 0.289. The molecule has 0 atom stereocenters. The van der Waals surface area contributed by atoms with Crippen molar-refractivity contribution < 1.29 is 0 Å². The van der Waals surface area contributed by atoms with Crippen molar-refractivity contribution in [1.29, 1.82) is 0 Å². The second-order valence-electron chi connectivity index (χ2n) is 4.83. The lowest BCUT2D eigenvalue weighted by Gasteiger charge is -2.49. The van der Waals surface area contributed by atoms with Gasteiger partial charge in [0.25, 0.3) is 0 Å². The SMILES string of the molecule is Cc1nccc(N2CC(N)(C3CC3)C2)n1. The van der Waals surface area contributed by atoms with Crippen LogP contribution in [0.2, 0.25) is 0 Å². The van der Waals surface area contributed by atoms with Crippen molar-refractivity contribution in [3.63, 3.8) is 0 Å². The number of hydrogen-bond acceptors (Lipinski definition) is 4. The van der Waals surface area contributed by atoms with Crippen LogP contribution < -0.4 is 10.6 Å². The van der Waals surface area contributed by atoms with Gasteiger partial charge in [-0.05, 0) is 31.7 Å². The second-order valence-corrected chi connectivity index (χ2v) is 4.83. The lowest BCUT2D eigenvalue weighted by atomic mass is 9.86. The molecule has 1 aliphatic heterocycles. The normalized spacial score (nSPS) is 23.7. The first-order chi connectivity index (χ1) is 7.17. The van der Waals surface area contributed by atoms with Gasteiger partial charge in [-0.2, -0.15) is 0 Å². The molecule has 4 nitrogen and oxygen atoms in total. The standard InChI is InChI=1S/C11H16N4/c1-8-13-5-4-10(14-8)15-6-11(12,7-15)9-2-3-9/h4-5,9H,2-3,6-7,12H2,1H3. The Balaban J connectivity index is 1.71. The Hall–Kier alpha value is -1.16. The van der Waals surface area contributed by atoms with Gasteiger partial charge in [0.1, 0.15) is 11.6 Å². The summed E-state index contributed by atoms with van der Waals surface area (Å²) < 4.78 is 0. The fraction of sp³-hybridized carbons (Fsp3) is 0.636. The van der Waals surface area contributed by atoms with Gasteiger partial charge in [0, 0.05) is 19.3 Å². The average Bonchev–Trinajstić information content (AvgIpc) is 2.96. The van der Waals surface area contributed by atoms with Crippen LogP contribution in [0.4, 0.5) is 5.82 Å². The number of rotatable bonds is 2. The lowest BCUT2D eigenvalue weighted by Crippen LogP contribution is -2.69. The zero-order chi connectivity index (χ0) is 10.5. The van der Waals surface area contributed by atoms with E-state index in [1.807, 2.05) is 19.2 Å². The van der Waals surface area contributed by atoms with Crippen LogP contribution in [-0.4, -0.2) is 28.6 Å². The molecular weight excluding hydrogens is 188 g/mol. The summed E-state index contributed by atoms with van der Waals surface area (Å²) in [6.07, 6.45) is 4.44. The molecule has 2 N–H and O–H groups in total. The van der Waals surface area contributed by atoms with Crippen LogP contribution in [-0.2, 0) is 0 Å². The third-order valence-electron chi connectivity index (χ3n) is 3.45. The monoisotopic (exact) mass is 204 g/mol. The quantitative estimate of drug-likeness (QED) is 0.771.